The van der Waals surface area contributed by atoms with Crippen LogP contribution in [-0.4, -0.2) is 20.3 Å². The molecule has 0 fully saturated rings. The summed E-state index contributed by atoms with van der Waals surface area (Å²) in [7, 11) is 0. The van der Waals surface area contributed by atoms with Crippen molar-refractivity contribution in [3.63, 3.8) is 0 Å². The Morgan fingerprint density at radius 3 is 2.62 bits per heavy atom. The molecular weight excluding hydrogens is 328 g/mol. The molecule has 0 bridgehead atoms. The van der Waals surface area contributed by atoms with E-state index in [0.29, 0.717) is 5.69 Å². The van der Waals surface area contributed by atoms with Crippen molar-refractivity contribution in [3.05, 3.63) is 94.7 Å². The highest BCUT2D eigenvalue weighted by Crippen LogP contribution is 2.14. The largest absolute Gasteiger partial charge is 0.346 e. The van der Waals surface area contributed by atoms with E-state index in [9.17, 15) is 9.59 Å². The van der Waals surface area contributed by atoms with Crippen LogP contribution in [0.1, 0.15) is 16.1 Å². The van der Waals surface area contributed by atoms with E-state index < -0.39 is 11.5 Å². The van der Waals surface area contributed by atoms with E-state index in [1.807, 2.05) is 65.3 Å². The van der Waals surface area contributed by atoms with Crippen molar-refractivity contribution in [2.45, 2.75) is 6.54 Å². The third kappa shape index (κ3) is 3.12. The van der Waals surface area contributed by atoms with E-state index in [1.165, 1.54) is 0 Å². The Balaban J connectivity index is 1.50. The smallest absolute Gasteiger partial charge is 0.261 e. The van der Waals surface area contributed by atoms with Crippen LogP contribution < -0.4 is 10.9 Å². The molecule has 4 aromatic rings. The first-order chi connectivity index (χ1) is 12.7. The Morgan fingerprint density at radius 2 is 1.85 bits per heavy atom. The molecule has 0 atom stereocenters. The fraction of sp³-hybridized carbons (Fsp3) is 0.0500. The van der Waals surface area contributed by atoms with Crippen LogP contribution in [0.3, 0.4) is 0 Å². The molecule has 26 heavy (non-hydrogen) atoms. The summed E-state index contributed by atoms with van der Waals surface area (Å²) in [6.45, 7) is 0.250. The predicted octanol–water partition coefficient (Wildman–Crippen LogP) is 2.62. The zero-order chi connectivity index (χ0) is 17.9. The molecule has 0 aliphatic heterocycles. The van der Waals surface area contributed by atoms with Gasteiger partial charge in [-0.15, -0.1) is 0 Å². The Morgan fingerprint density at radius 1 is 1.04 bits per heavy atom. The number of amides is 1. The number of nitrogens with zero attached hydrogens (tertiary/aromatic N) is 2. The Hall–Kier alpha value is -3.67. The molecule has 0 aliphatic carbocycles. The lowest BCUT2D eigenvalue weighted by molar-refractivity contribution is 0.0949. The fourth-order valence-corrected chi connectivity index (χ4v) is 2.78. The average molecular weight is 344 g/mol. The van der Waals surface area contributed by atoms with Crippen molar-refractivity contribution in [3.8, 4) is 11.3 Å². The lowest BCUT2D eigenvalue weighted by Crippen LogP contribution is -2.29. The highest BCUT2D eigenvalue weighted by atomic mass is 16.2. The molecule has 6 heteroatoms. The topological polar surface area (TPSA) is 79.3 Å². The van der Waals surface area contributed by atoms with E-state index in [-0.39, 0.29) is 12.1 Å². The number of carbonyl (C=O) groups is 1. The molecule has 0 unspecified atom stereocenters. The van der Waals surface area contributed by atoms with Crippen LogP contribution in [0, 0.1) is 0 Å². The van der Waals surface area contributed by atoms with Crippen molar-refractivity contribution < 1.29 is 4.79 Å². The number of H-pyrrole nitrogens is 1. The van der Waals surface area contributed by atoms with Gasteiger partial charge in [-0.3, -0.25) is 9.59 Å². The molecular formula is C20H16N4O2. The number of aromatic amines is 1. The zero-order valence-corrected chi connectivity index (χ0v) is 13.8. The maximum absolute atomic E-state index is 12.3. The number of fused-ring (bicyclic) bond motifs is 1. The summed E-state index contributed by atoms with van der Waals surface area (Å²) in [6.07, 6.45) is 3.74. The van der Waals surface area contributed by atoms with Gasteiger partial charge in [0.05, 0.1) is 12.2 Å². The number of nitrogens with one attached hydrogen (secondary N) is 2. The van der Waals surface area contributed by atoms with Crippen molar-refractivity contribution in [2.75, 3.05) is 0 Å². The second kappa shape index (κ2) is 6.68. The molecule has 0 spiro atoms. The van der Waals surface area contributed by atoms with Crippen LogP contribution >= 0.6 is 0 Å². The van der Waals surface area contributed by atoms with Crippen molar-refractivity contribution >= 4 is 11.6 Å². The van der Waals surface area contributed by atoms with Gasteiger partial charge in [0, 0.05) is 18.1 Å². The van der Waals surface area contributed by atoms with Crippen LogP contribution in [-0.2, 0) is 6.54 Å². The molecule has 1 aromatic carbocycles. The first-order valence-electron chi connectivity index (χ1n) is 8.20. The zero-order valence-electron chi connectivity index (χ0n) is 13.8. The standard InChI is InChI=1S/C20H16N4O2/c25-19(21-12-15-13-24-11-5-4-8-18(24)22-15)16-9-10-17(23-20(16)26)14-6-2-1-3-7-14/h1-11,13H,12H2,(H,21,25)(H,23,26). The summed E-state index contributed by atoms with van der Waals surface area (Å²) in [5.74, 6) is -0.428. The third-order valence-electron chi connectivity index (χ3n) is 4.08. The Kier molecular flexibility index (Phi) is 4.07. The first-order valence-corrected chi connectivity index (χ1v) is 8.20. The van der Waals surface area contributed by atoms with Gasteiger partial charge in [0.1, 0.15) is 11.2 Å². The molecule has 2 N–H and O–H groups in total. The highest BCUT2D eigenvalue weighted by molar-refractivity contribution is 5.94. The van der Waals surface area contributed by atoms with Crippen LogP contribution in [0.2, 0.25) is 0 Å². The van der Waals surface area contributed by atoms with E-state index >= 15 is 0 Å². The molecule has 0 aliphatic rings. The molecule has 3 heterocycles. The molecule has 0 saturated carbocycles. The van der Waals surface area contributed by atoms with Gasteiger partial charge in [-0.25, -0.2) is 4.98 Å². The number of carbonyl (C=O) groups excluding carboxylic acids is 1. The number of pyridine rings is 2. The summed E-state index contributed by atoms with van der Waals surface area (Å²) < 4.78 is 1.88. The molecule has 6 nitrogen and oxygen atoms in total. The summed E-state index contributed by atoms with van der Waals surface area (Å²) >= 11 is 0. The molecule has 3 aromatic heterocycles. The molecule has 0 radical (unpaired) electrons. The predicted molar refractivity (Wildman–Crippen MR) is 98.9 cm³/mol. The minimum Gasteiger partial charge on any atom is -0.346 e. The Labute approximate surface area is 149 Å². The summed E-state index contributed by atoms with van der Waals surface area (Å²) in [6, 6.07) is 18.5. The average Bonchev–Trinajstić information content (AvgIpc) is 3.10. The monoisotopic (exact) mass is 344 g/mol. The third-order valence-corrected chi connectivity index (χ3v) is 4.08. The molecule has 0 saturated heterocycles. The number of rotatable bonds is 4. The van der Waals surface area contributed by atoms with Gasteiger partial charge in [-0.1, -0.05) is 36.4 Å². The van der Waals surface area contributed by atoms with Gasteiger partial charge < -0.3 is 14.7 Å². The van der Waals surface area contributed by atoms with Gasteiger partial charge in [-0.05, 0) is 29.8 Å². The number of hydrogen-bond donors (Lipinski definition) is 2. The second-order valence-electron chi connectivity index (χ2n) is 5.86. The summed E-state index contributed by atoms with van der Waals surface area (Å²) in [5, 5.41) is 2.74. The molecule has 1 amide bonds. The maximum Gasteiger partial charge on any atom is 0.261 e. The van der Waals surface area contributed by atoms with E-state index in [4.69, 9.17) is 0 Å². The Bertz CT molecular complexity index is 1100. The van der Waals surface area contributed by atoms with Crippen molar-refractivity contribution in [1.82, 2.24) is 19.7 Å². The normalized spacial score (nSPS) is 10.8. The van der Waals surface area contributed by atoms with Gasteiger partial charge in [0.25, 0.3) is 11.5 Å². The number of imidazole rings is 1. The van der Waals surface area contributed by atoms with E-state index in [0.717, 1.165) is 16.9 Å². The van der Waals surface area contributed by atoms with Crippen LogP contribution in [0.15, 0.2) is 77.9 Å². The number of aromatic nitrogens is 3. The second-order valence-corrected chi connectivity index (χ2v) is 5.86. The molecule has 128 valence electrons. The van der Waals surface area contributed by atoms with Crippen LogP contribution in [0.5, 0.6) is 0 Å². The van der Waals surface area contributed by atoms with E-state index in [1.54, 1.807) is 12.1 Å². The van der Waals surface area contributed by atoms with Gasteiger partial charge in [-0.2, -0.15) is 0 Å². The van der Waals surface area contributed by atoms with Crippen LogP contribution in [0.25, 0.3) is 16.9 Å². The minimum absolute atomic E-state index is 0.0773. The van der Waals surface area contributed by atoms with Crippen molar-refractivity contribution in [1.29, 1.82) is 0 Å². The summed E-state index contributed by atoms with van der Waals surface area (Å²) in [4.78, 5) is 31.8. The summed E-state index contributed by atoms with van der Waals surface area (Å²) in [5.41, 5.74) is 2.75. The number of benzene rings is 1. The van der Waals surface area contributed by atoms with E-state index in [2.05, 4.69) is 15.3 Å². The molecule has 4 rings (SSSR count). The lowest BCUT2D eigenvalue weighted by atomic mass is 10.1. The SMILES string of the molecule is O=C(NCc1cn2ccccc2n1)c1ccc(-c2ccccc2)[nH]c1=O. The van der Waals surface area contributed by atoms with Gasteiger partial charge in [0.15, 0.2) is 0 Å². The van der Waals surface area contributed by atoms with Crippen molar-refractivity contribution in [2.24, 2.45) is 0 Å². The van der Waals surface area contributed by atoms with Gasteiger partial charge >= 0.3 is 0 Å². The maximum atomic E-state index is 12.3. The first kappa shape index (κ1) is 15.8. The lowest BCUT2D eigenvalue weighted by Gasteiger charge is -2.05. The highest BCUT2D eigenvalue weighted by Gasteiger charge is 2.12. The minimum atomic E-state index is -0.428. The number of hydrogen-bond acceptors (Lipinski definition) is 3. The fourth-order valence-electron chi connectivity index (χ4n) is 2.78. The van der Waals surface area contributed by atoms with Gasteiger partial charge in [0.2, 0.25) is 0 Å². The quantitative estimate of drug-likeness (QED) is 0.597. The van der Waals surface area contributed by atoms with Crippen LogP contribution in [0.4, 0.5) is 0 Å².